The molecular formula is C22H24N4O2. The molecule has 2 N–H and O–H groups in total. The lowest BCUT2D eigenvalue weighted by Gasteiger charge is -2.08. The van der Waals surface area contributed by atoms with E-state index in [-0.39, 0.29) is 11.8 Å². The van der Waals surface area contributed by atoms with Crippen molar-refractivity contribution in [2.75, 3.05) is 6.54 Å². The number of carbonyl (C=O) groups excluding carboxylic acids is 2. The van der Waals surface area contributed by atoms with Gasteiger partial charge in [0.25, 0.3) is 5.91 Å². The van der Waals surface area contributed by atoms with E-state index in [1.54, 1.807) is 24.7 Å². The van der Waals surface area contributed by atoms with Gasteiger partial charge in [0.2, 0.25) is 5.91 Å². The van der Waals surface area contributed by atoms with E-state index in [1.165, 1.54) is 5.56 Å². The SMILES string of the molecule is O=C(CCCNC(=O)c1ccccc1)NCc1ccc(Cn2ccnc2)cc1. The summed E-state index contributed by atoms with van der Waals surface area (Å²) in [5.41, 5.74) is 2.87. The Morgan fingerprint density at radius 3 is 2.39 bits per heavy atom. The zero-order valence-electron chi connectivity index (χ0n) is 15.7. The van der Waals surface area contributed by atoms with Crippen LogP contribution in [-0.4, -0.2) is 27.9 Å². The summed E-state index contributed by atoms with van der Waals surface area (Å²) in [7, 11) is 0. The fourth-order valence-corrected chi connectivity index (χ4v) is 2.79. The molecule has 2 aromatic carbocycles. The predicted molar refractivity (Wildman–Crippen MR) is 108 cm³/mol. The van der Waals surface area contributed by atoms with Crippen molar-refractivity contribution in [1.82, 2.24) is 20.2 Å². The second-order valence-corrected chi connectivity index (χ2v) is 6.55. The van der Waals surface area contributed by atoms with E-state index in [4.69, 9.17) is 0 Å². The Morgan fingerprint density at radius 2 is 1.68 bits per heavy atom. The Balaban J connectivity index is 1.32. The highest BCUT2D eigenvalue weighted by molar-refractivity contribution is 5.94. The summed E-state index contributed by atoms with van der Waals surface area (Å²) >= 11 is 0. The lowest BCUT2D eigenvalue weighted by Crippen LogP contribution is -2.27. The van der Waals surface area contributed by atoms with Crippen molar-refractivity contribution in [3.8, 4) is 0 Å². The van der Waals surface area contributed by atoms with Gasteiger partial charge >= 0.3 is 0 Å². The van der Waals surface area contributed by atoms with Crippen molar-refractivity contribution in [2.45, 2.75) is 25.9 Å². The normalized spacial score (nSPS) is 10.4. The number of aromatic nitrogens is 2. The lowest BCUT2D eigenvalue weighted by atomic mass is 10.1. The van der Waals surface area contributed by atoms with Gasteiger partial charge in [-0.05, 0) is 29.7 Å². The molecule has 0 atom stereocenters. The third-order valence-corrected chi connectivity index (χ3v) is 4.34. The van der Waals surface area contributed by atoms with Crippen molar-refractivity contribution in [1.29, 1.82) is 0 Å². The van der Waals surface area contributed by atoms with Crippen LogP contribution in [0.4, 0.5) is 0 Å². The summed E-state index contributed by atoms with van der Waals surface area (Å²) in [6.07, 6.45) is 6.46. The maximum absolute atomic E-state index is 12.0. The molecule has 0 aliphatic carbocycles. The van der Waals surface area contributed by atoms with Crippen LogP contribution in [0, 0.1) is 0 Å². The first-order valence-corrected chi connectivity index (χ1v) is 9.34. The Hall–Kier alpha value is -3.41. The first kappa shape index (κ1) is 19.4. The van der Waals surface area contributed by atoms with Crippen LogP contribution in [0.5, 0.6) is 0 Å². The minimum atomic E-state index is -0.114. The van der Waals surface area contributed by atoms with Crippen LogP contribution in [0.15, 0.2) is 73.3 Å². The van der Waals surface area contributed by atoms with E-state index in [0.29, 0.717) is 31.5 Å². The van der Waals surface area contributed by atoms with Crippen LogP contribution in [0.25, 0.3) is 0 Å². The molecule has 0 aliphatic heterocycles. The van der Waals surface area contributed by atoms with Crippen LogP contribution in [0.1, 0.15) is 34.3 Å². The lowest BCUT2D eigenvalue weighted by molar-refractivity contribution is -0.121. The maximum atomic E-state index is 12.0. The Labute approximate surface area is 164 Å². The maximum Gasteiger partial charge on any atom is 0.251 e. The summed E-state index contributed by atoms with van der Waals surface area (Å²) in [5.74, 6) is -0.131. The fraction of sp³-hybridized carbons (Fsp3) is 0.227. The summed E-state index contributed by atoms with van der Waals surface area (Å²) < 4.78 is 2.01. The van der Waals surface area contributed by atoms with Crippen LogP contribution < -0.4 is 10.6 Å². The fourth-order valence-electron chi connectivity index (χ4n) is 2.79. The number of nitrogens with zero attached hydrogens (tertiary/aromatic N) is 2. The van der Waals surface area contributed by atoms with Crippen molar-refractivity contribution in [2.24, 2.45) is 0 Å². The highest BCUT2D eigenvalue weighted by Gasteiger charge is 2.05. The highest BCUT2D eigenvalue weighted by atomic mass is 16.2. The number of hydrogen-bond acceptors (Lipinski definition) is 3. The van der Waals surface area contributed by atoms with E-state index >= 15 is 0 Å². The van der Waals surface area contributed by atoms with E-state index < -0.39 is 0 Å². The second-order valence-electron chi connectivity index (χ2n) is 6.55. The van der Waals surface area contributed by atoms with Crippen molar-refractivity contribution < 1.29 is 9.59 Å². The molecule has 6 nitrogen and oxygen atoms in total. The number of benzene rings is 2. The van der Waals surface area contributed by atoms with E-state index in [0.717, 1.165) is 12.1 Å². The quantitative estimate of drug-likeness (QED) is 0.564. The molecule has 28 heavy (non-hydrogen) atoms. The number of nitrogens with one attached hydrogen (secondary N) is 2. The third-order valence-electron chi connectivity index (χ3n) is 4.34. The number of rotatable bonds is 9. The van der Waals surface area contributed by atoms with Crippen molar-refractivity contribution in [3.63, 3.8) is 0 Å². The summed E-state index contributed by atoms with van der Waals surface area (Å²) in [6, 6.07) is 17.2. The van der Waals surface area contributed by atoms with Gasteiger partial charge in [0, 0.05) is 44.0 Å². The number of carbonyl (C=O) groups is 2. The van der Waals surface area contributed by atoms with Gasteiger partial charge in [-0.15, -0.1) is 0 Å². The van der Waals surface area contributed by atoms with E-state index in [1.807, 2.05) is 41.1 Å². The molecule has 0 fully saturated rings. The van der Waals surface area contributed by atoms with Crippen LogP contribution in [0.3, 0.4) is 0 Å². The molecule has 144 valence electrons. The summed E-state index contributed by atoms with van der Waals surface area (Å²) in [6.45, 7) is 1.76. The van der Waals surface area contributed by atoms with Crippen LogP contribution in [-0.2, 0) is 17.9 Å². The van der Waals surface area contributed by atoms with E-state index in [9.17, 15) is 9.59 Å². The molecule has 3 rings (SSSR count). The summed E-state index contributed by atoms with van der Waals surface area (Å²) in [5, 5.41) is 5.74. The standard InChI is InChI=1S/C22H24N4O2/c27-21(7-4-12-24-22(28)20-5-2-1-3-6-20)25-15-18-8-10-19(11-9-18)16-26-14-13-23-17-26/h1-3,5-6,8-11,13-14,17H,4,7,12,15-16H2,(H,24,28)(H,25,27). The molecule has 0 aliphatic rings. The molecule has 0 saturated carbocycles. The Kier molecular flexibility index (Phi) is 6.95. The first-order valence-electron chi connectivity index (χ1n) is 9.34. The molecule has 1 heterocycles. The van der Waals surface area contributed by atoms with Crippen LogP contribution >= 0.6 is 0 Å². The van der Waals surface area contributed by atoms with Gasteiger partial charge in [-0.2, -0.15) is 0 Å². The minimum Gasteiger partial charge on any atom is -0.352 e. The second kappa shape index (κ2) is 10.1. The topological polar surface area (TPSA) is 76.0 Å². The number of amides is 2. The smallest absolute Gasteiger partial charge is 0.251 e. The van der Waals surface area contributed by atoms with Gasteiger partial charge in [0.05, 0.1) is 6.33 Å². The molecule has 6 heteroatoms. The van der Waals surface area contributed by atoms with E-state index in [2.05, 4.69) is 27.8 Å². The third kappa shape index (κ3) is 6.09. The highest BCUT2D eigenvalue weighted by Crippen LogP contribution is 2.06. The first-order chi connectivity index (χ1) is 13.7. The zero-order chi connectivity index (χ0) is 19.6. The van der Waals surface area contributed by atoms with Crippen molar-refractivity contribution >= 4 is 11.8 Å². The predicted octanol–water partition coefficient (Wildman–Crippen LogP) is 2.76. The van der Waals surface area contributed by atoms with Gasteiger partial charge < -0.3 is 15.2 Å². The Morgan fingerprint density at radius 1 is 0.929 bits per heavy atom. The van der Waals surface area contributed by atoms with Gasteiger partial charge in [-0.25, -0.2) is 4.98 Å². The number of hydrogen-bond donors (Lipinski definition) is 2. The zero-order valence-corrected chi connectivity index (χ0v) is 15.7. The Bertz CT molecular complexity index is 875. The average molecular weight is 376 g/mol. The van der Waals surface area contributed by atoms with Crippen LogP contribution in [0.2, 0.25) is 0 Å². The van der Waals surface area contributed by atoms with Gasteiger partial charge in [0.15, 0.2) is 0 Å². The molecule has 2 amide bonds. The largest absolute Gasteiger partial charge is 0.352 e. The molecule has 0 spiro atoms. The average Bonchev–Trinajstić information content (AvgIpc) is 3.24. The van der Waals surface area contributed by atoms with Gasteiger partial charge in [-0.1, -0.05) is 42.5 Å². The van der Waals surface area contributed by atoms with Gasteiger partial charge in [0.1, 0.15) is 0 Å². The molecule has 1 aromatic heterocycles. The molecule has 0 unspecified atom stereocenters. The minimum absolute atomic E-state index is 0.0172. The molecular weight excluding hydrogens is 352 g/mol. The molecule has 0 radical (unpaired) electrons. The number of imidazole rings is 1. The monoisotopic (exact) mass is 376 g/mol. The molecule has 0 saturated heterocycles. The summed E-state index contributed by atoms with van der Waals surface area (Å²) in [4.78, 5) is 27.9. The van der Waals surface area contributed by atoms with Gasteiger partial charge in [-0.3, -0.25) is 9.59 Å². The molecule has 0 bridgehead atoms. The molecule has 3 aromatic rings. The van der Waals surface area contributed by atoms with Crippen molar-refractivity contribution in [3.05, 3.63) is 90.0 Å².